The van der Waals surface area contributed by atoms with Gasteiger partial charge in [-0.3, -0.25) is 0 Å². The van der Waals surface area contributed by atoms with E-state index >= 15 is 0 Å². The van der Waals surface area contributed by atoms with Crippen LogP contribution < -0.4 is 5.32 Å². The van der Waals surface area contributed by atoms with Crippen LogP contribution in [-0.4, -0.2) is 30.8 Å². The van der Waals surface area contributed by atoms with Crippen molar-refractivity contribution in [1.29, 1.82) is 5.26 Å². The van der Waals surface area contributed by atoms with Crippen molar-refractivity contribution in [3.05, 3.63) is 65.6 Å². The molecule has 0 fully saturated rings. The number of nitriles is 1. The Morgan fingerprint density at radius 1 is 1.10 bits per heavy atom. The van der Waals surface area contributed by atoms with E-state index in [1.807, 2.05) is 6.07 Å². The standard InChI is InChI=1S/C21H21FN4O3S/c1-3-26(4-2)30(27,28)18-11-7-16(8-12-18)20-25-19(13-23)21(29-20)24-14-15-5-9-17(22)10-6-15/h5-12,24H,3-4,14H2,1-2H3. The van der Waals surface area contributed by atoms with Crippen LogP contribution in [-0.2, 0) is 16.6 Å². The second-order valence-electron chi connectivity index (χ2n) is 6.40. The minimum atomic E-state index is -3.56. The van der Waals surface area contributed by atoms with Crippen molar-refractivity contribution in [2.45, 2.75) is 25.3 Å². The van der Waals surface area contributed by atoms with E-state index in [-0.39, 0.29) is 28.2 Å². The molecule has 1 N–H and O–H groups in total. The average Bonchev–Trinajstić information content (AvgIpc) is 3.17. The summed E-state index contributed by atoms with van der Waals surface area (Å²) in [5, 5.41) is 12.3. The summed E-state index contributed by atoms with van der Waals surface area (Å²) in [6.07, 6.45) is 0. The minimum absolute atomic E-state index is 0.0759. The monoisotopic (exact) mass is 428 g/mol. The van der Waals surface area contributed by atoms with Crippen molar-refractivity contribution in [2.24, 2.45) is 0 Å². The number of anilines is 1. The molecule has 156 valence electrons. The lowest BCUT2D eigenvalue weighted by atomic mass is 10.2. The van der Waals surface area contributed by atoms with Gasteiger partial charge in [-0.05, 0) is 42.0 Å². The van der Waals surface area contributed by atoms with Crippen molar-refractivity contribution in [1.82, 2.24) is 9.29 Å². The van der Waals surface area contributed by atoms with Crippen LogP contribution in [0.5, 0.6) is 0 Å². The number of hydrogen-bond acceptors (Lipinski definition) is 6. The number of nitrogens with one attached hydrogen (secondary N) is 1. The lowest BCUT2D eigenvalue weighted by Gasteiger charge is -2.18. The van der Waals surface area contributed by atoms with Gasteiger partial charge in [0.1, 0.15) is 11.9 Å². The first-order valence-corrected chi connectivity index (χ1v) is 10.8. The highest BCUT2D eigenvalue weighted by Gasteiger charge is 2.22. The fourth-order valence-corrected chi connectivity index (χ4v) is 4.36. The van der Waals surface area contributed by atoms with E-state index in [4.69, 9.17) is 4.42 Å². The van der Waals surface area contributed by atoms with Crippen LogP contribution >= 0.6 is 0 Å². The Morgan fingerprint density at radius 3 is 2.30 bits per heavy atom. The second-order valence-corrected chi connectivity index (χ2v) is 8.34. The molecule has 0 unspecified atom stereocenters. The number of hydrogen-bond donors (Lipinski definition) is 1. The molecular formula is C21H21FN4O3S. The zero-order valence-electron chi connectivity index (χ0n) is 16.6. The maximum atomic E-state index is 13.0. The van der Waals surface area contributed by atoms with E-state index in [1.165, 1.54) is 28.6 Å². The van der Waals surface area contributed by atoms with Crippen molar-refractivity contribution in [3.63, 3.8) is 0 Å². The Labute approximate surface area is 174 Å². The van der Waals surface area contributed by atoms with E-state index in [2.05, 4.69) is 10.3 Å². The van der Waals surface area contributed by atoms with Crippen LogP contribution in [0.3, 0.4) is 0 Å². The fourth-order valence-electron chi connectivity index (χ4n) is 2.91. The maximum Gasteiger partial charge on any atom is 0.243 e. The van der Waals surface area contributed by atoms with Crippen molar-refractivity contribution in [2.75, 3.05) is 18.4 Å². The molecular weight excluding hydrogens is 407 g/mol. The molecule has 0 amide bonds. The van der Waals surface area contributed by atoms with Gasteiger partial charge in [0, 0.05) is 25.2 Å². The highest BCUT2D eigenvalue weighted by molar-refractivity contribution is 7.89. The highest BCUT2D eigenvalue weighted by Crippen LogP contribution is 2.27. The van der Waals surface area contributed by atoms with Gasteiger partial charge in [0.15, 0.2) is 0 Å². The average molecular weight is 428 g/mol. The topological polar surface area (TPSA) is 99.2 Å². The molecule has 3 aromatic rings. The molecule has 0 saturated carbocycles. The van der Waals surface area contributed by atoms with E-state index in [0.29, 0.717) is 25.2 Å². The van der Waals surface area contributed by atoms with Gasteiger partial charge in [-0.1, -0.05) is 26.0 Å². The van der Waals surface area contributed by atoms with Gasteiger partial charge in [-0.25, -0.2) is 12.8 Å². The SMILES string of the molecule is CCN(CC)S(=O)(=O)c1ccc(-c2nc(C#N)c(NCc3ccc(F)cc3)o2)cc1. The molecule has 0 aliphatic rings. The first kappa shape index (κ1) is 21.5. The molecule has 0 spiro atoms. The van der Waals surface area contributed by atoms with Crippen molar-refractivity contribution >= 4 is 15.9 Å². The van der Waals surface area contributed by atoms with Gasteiger partial charge in [0.05, 0.1) is 4.90 Å². The van der Waals surface area contributed by atoms with E-state index in [0.717, 1.165) is 5.56 Å². The zero-order chi connectivity index (χ0) is 21.7. The molecule has 0 bridgehead atoms. The second kappa shape index (κ2) is 9.07. The lowest BCUT2D eigenvalue weighted by molar-refractivity contribution is 0.445. The van der Waals surface area contributed by atoms with Crippen molar-refractivity contribution < 1.29 is 17.2 Å². The lowest BCUT2D eigenvalue weighted by Crippen LogP contribution is -2.30. The molecule has 0 aliphatic heterocycles. The quantitative estimate of drug-likeness (QED) is 0.582. The van der Waals surface area contributed by atoms with E-state index in [1.54, 1.807) is 38.1 Å². The van der Waals surface area contributed by atoms with Gasteiger partial charge in [0.2, 0.25) is 27.5 Å². The maximum absolute atomic E-state index is 13.0. The van der Waals surface area contributed by atoms with Gasteiger partial charge in [-0.15, -0.1) is 0 Å². The van der Waals surface area contributed by atoms with Gasteiger partial charge in [-0.2, -0.15) is 14.6 Å². The fraction of sp³-hybridized carbons (Fsp3) is 0.238. The summed E-state index contributed by atoms with van der Waals surface area (Å²) in [4.78, 5) is 4.35. The van der Waals surface area contributed by atoms with Gasteiger partial charge < -0.3 is 9.73 Å². The van der Waals surface area contributed by atoms with E-state index in [9.17, 15) is 18.1 Å². The van der Waals surface area contributed by atoms with Gasteiger partial charge >= 0.3 is 0 Å². The predicted octanol–water partition coefficient (Wildman–Crippen LogP) is 3.99. The molecule has 0 aliphatic carbocycles. The number of benzene rings is 2. The summed E-state index contributed by atoms with van der Waals surface area (Å²) in [6, 6.07) is 14.1. The van der Waals surface area contributed by atoms with E-state index < -0.39 is 10.0 Å². The largest absolute Gasteiger partial charge is 0.419 e. The molecule has 1 heterocycles. The summed E-state index contributed by atoms with van der Waals surface area (Å²) in [5.41, 5.74) is 1.43. The highest BCUT2D eigenvalue weighted by atomic mass is 32.2. The third-order valence-corrected chi connectivity index (χ3v) is 6.61. The Bertz CT molecular complexity index is 1150. The molecule has 2 aromatic carbocycles. The molecule has 7 nitrogen and oxygen atoms in total. The number of nitrogens with zero attached hydrogens (tertiary/aromatic N) is 3. The number of aromatic nitrogens is 1. The molecule has 1 aromatic heterocycles. The molecule has 0 radical (unpaired) electrons. The first-order chi connectivity index (χ1) is 14.4. The van der Waals surface area contributed by atoms with Crippen LogP contribution in [0.2, 0.25) is 0 Å². The zero-order valence-corrected chi connectivity index (χ0v) is 17.4. The number of rotatable bonds is 8. The Balaban J connectivity index is 1.81. The van der Waals surface area contributed by atoms with Crippen LogP contribution in [0.1, 0.15) is 25.1 Å². The Morgan fingerprint density at radius 2 is 1.73 bits per heavy atom. The Hall–Kier alpha value is -3.22. The summed E-state index contributed by atoms with van der Waals surface area (Å²) < 4.78 is 45.3. The molecule has 0 atom stereocenters. The third-order valence-electron chi connectivity index (χ3n) is 4.54. The Kier molecular flexibility index (Phi) is 6.50. The van der Waals surface area contributed by atoms with Crippen LogP contribution in [0.15, 0.2) is 57.8 Å². The van der Waals surface area contributed by atoms with Crippen LogP contribution in [0.25, 0.3) is 11.5 Å². The number of sulfonamides is 1. The number of oxazole rings is 1. The number of halogens is 1. The normalized spacial score (nSPS) is 11.4. The van der Waals surface area contributed by atoms with Crippen LogP contribution in [0.4, 0.5) is 10.3 Å². The summed E-state index contributed by atoms with van der Waals surface area (Å²) >= 11 is 0. The molecule has 9 heteroatoms. The summed E-state index contributed by atoms with van der Waals surface area (Å²) in [6.45, 7) is 4.66. The minimum Gasteiger partial charge on any atom is -0.419 e. The predicted molar refractivity (Wildman–Crippen MR) is 110 cm³/mol. The molecule has 30 heavy (non-hydrogen) atoms. The first-order valence-electron chi connectivity index (χ1n) is 9.38. The smallest absolute Gasteiger partial charge is 0.243 e. The molecule has 3 rings (SSSR count). The van der Waals surface area contributed by atoms with Gasteiger partial charge in [0.25, 0.3) is 0 Å². The molecule has 0 saturated heterocycles. The van der Waals surface area contributed by atoms with Crippen molar-refractivity contribution in [3.8, 4) is 17.5 Å². The summed E-state index contributed by atoms with van der Waals surface area (Å²) in [7, 11) is -3.56. The third kappa shape index (κ3) is 4.50. The summed E-state index contributed by atoms with van der Waals surface area (Å²) in [5.74, 6) is 0.0569. The van der Waals surface area contributed by atoms with Crippen LogP contribution in [0, 0.1) is 17.1 Å².